The summed E-state index contributed by atoms with van der Waals surface area (Å²) in [6.07, 6.45) is 2.54. The average Bonchev–Trinajstić information content (AvgIpc) is 2.77. The van der Waals surface area contributed by atoms with Gasteiger partial charge in [0.2, 0.25) is 5.91 Å². The standard InChI is InChI=1S/C14H19N3O/c1-16(2)14(18)6-8-17-7-5-12-4-3-11(10-15)9-13(12)17/h3-5,7,9H,6,8,10,15H2,1-2H3. The summed E-state index contributed by atoms with van der Waals surface area (Å²) in [5.41, 5.74) is 7.91. The summed E-state index contributed by atoms with van der Waals surface area (Å²) in [4.78, 5) is 13.2. The van der Waals surface area contributed by atoms with Crippen LogP contribution < -0.4 is 5.73 Å². The van der Waals surface area contributed by atoms with Crippen LogP contribution in [-0.2, 0) is 17.9 Å². The predicted molar refractivity (Wildman–Crippen MR) is 73.1 cm³/mol. The number of hydrogen-bond donors (Lipinski definition) is 1. The average molecular weight is 245 g/mol. The van der Waals surface area contributed by atoms with E-state index in [2.05, 4.69) is 22.8 Å². The van der Waals surface area contributed by atoms with Crippen LogP contribution in [0.2, 0.25) is 0 Å². The van der Waals surface area contributed by atoms with Crippen molar-refractivity contribution in [3.63, 3.8) is 0 Å². The Morgan fingerprint density at radius 3 is 2.78 bits per heavy atom. The molecule has 0 saturated carbocycles. The second-order valence-electron chi connectivity index (χ2n) is 4.64. The SMILES string of the molecule is CN(C)C(=O)CCn1ccc2ccc(CN)cc21. The fourth-order valence-electron chi connectivity index (χ4n) is 1.99. The summed E-state index contributed by atoms with van der Waals surface area (Å²) >= 11 is 0. The van der Waals surface area contributed by atoms with Crippen molar-refractivity contribution >= 4 is 16.8 Å². The van der Waals surface area contributed by atoms with Gasteiger partial charge in [-0.1, -0.05) is 12.1 Å². The highest BCUT2D eigenvalue weighted by Gasteiger charge is 2.06. The molecule has 0 fully saturated rings. The molecule has 0 spiro atoms. The van der Waals surface area contributed by atoms with Gasteiger partial charge in [-0.05, 0) is 23.1 Å². The Kier molecular flexibility index (Phi) is 3.67. The van der Waals surface area contributed by atoms with Crippen LogP contribution in [0.3, 0.4) is 0 Å². The molecule has 0 aliphatic heterocycles. The molecular weight excluding hydrogens is 226 g/mol. The number of amides is 1. The van der Waals surface area contributed by atoms with Crippen LogP contribution in [0.4, 0.5) is 0 Å². The van der Waals surface area contributed by atoms with Crippen LogP contribution in [0.1, 0.15) is 12.0 Å². The quantitative estimate of drug-likeness (QED) is 0.889. The van der Waals surface area contributed by atoms with Gasteiger partial charge in [0.05, 0.1) is 0 Å². The van der Waals surface area contributed by atoms with Crippen molar-refractivity contribution in [1.29, 1.82) is 0 Å². The number of aromatic nitrogens is 1. The zero-order chi connectivity index (χ0) is 13.1. The highest BCUT2D eigenvalue weighted by molar-refractivity contribution is 5.81. The lowest BCUT2D eigenvalue weighted by atomic mass is 10.1. The zero-order valence-corrected chi connectivity index (χ0v) is 10.9. The zero-order valence-electron chi connectivity index (χ0n) is 10.9. The van der Waals surface area contributed by atoms with Crippen molar-refractivity contribution in [2.24, 2.45) is 5.73 Å². The number of fused-ring (bicyclic) bond motifs is 1. The predicted octanol–water partition coefficient (Wildman–Crippen LogP) is 1.58. The molecule has 1 heterocycles. The molecule has 0 aliphatic rings. The van der Waals surface area contributed by atoms with E-state index in [1.165, 1.54) is 5.39 Å². The molecule has 2 rings (SSSR count). The van der Waals surface area contributed by atoms with E-state index in [1.807, 2.05) is 12.3 Å². The Balaban J connectivity index is 2.20. The van der Waals surface area contributed by atoms with Gasteiger partial charge in [0, 0.05) is 45.3 Å². The molecule has 96 valence electrons. The third-order valence-corrected chi connectivity index (χ3v) is 3.14. The topological polar surface area (TPSA) is 51.3 Å². The molecule has 0 unspecified atom stereocenters. The molecule has 0 atom stereocenters. The number of nitrogens with zero attached hydrogens (tertiary/aromatic N) is 2. The molecule has 1 amide bonds. The molecule has 4 nitrogen and oxygen atoms in total. The minimum Gasteiger partial charge on any atom is -0.349 e. The monoisotopic (exact) mass is 245 g/mol. The van der Waals surface area contributed by atoms with Crippen molar-refractivity contribution in [3.05, 3.63) is 36.0 Å². The maximum atomic E-state index is 11.6. The second kappa shape index (κ2) is 5.23. The first-order chi connectivity index (χ1) is 8.61. The lowest BCUT2D eigenvalue weighted by Gasteiger charge is -2.11. The van der Waals surface area contributed by atoms with Crippen LogP contribution >= 0.6 is 0 Å². The normalized spacial score (nSPS) is 10.8. The lowest BCUT2D eigenvalue weighted by Crippen LogP contribution is -2.22. The van der Waals surface area contributed by atoms with Crippen molar-refractivity contribution in [1.82, 2.24) is 9.47 Å². The Morgan fingerprint density at radius 1 is 1.33 bits per heavy atom. The number of benzene rings is 1. The first kappa shape index (κ1) is 12.6. The van der Waals surface area contributed by atoms with Crippen molar-refractivity contribution in [2.75, 3.05) is 14.1 Å². The maximum Gasteiger partial charge on any atom is 0.223 e. The Hall–Kier alpha value is -1.81. The number of nitrogens with two attached hydrogens (primary N) is 1. The smallest absolute Gasteiger partial charge is 0.223 e. The van der Waals surface area contributed by atoms with Crippen LogP contribution in [0.25, 0.3) is 10.9 Å². The van der Waals surface area contributed by atoms with Gasteiger partial charge < -0.3 is 15.2 Å². The van der Waals surface area contributed by atoms with E-state index in [-0.39, 0.29) is 5.91 Å². The van der Waals surface area contributed by atoms with Crippen LogP contribution in [-0.4, -0.2) is 29.5 Å². The second-order valence-corrected chi connectivity index (χ2v) is 4.64. The first-order valence-electron chi connectivity index (χ1n) is 6.10. The molecule has 1 aromatic heterocycles. The van der Waals surface area contributed by atoms with Crippen LogP contribution in [0.15, 0.2) is 30.5 Å². The van der Waals surface area contributed by atoms with E-state index >= 15 is 0 Å². The number of carbonyl (C=O) groups excluding carboxylic acids is 1. The van der Waals surface area contributed by atoms with Gasteiger partial charge in [-0.15, -0.1) is 0 Å². The third-order valence-electron chi connectivity index (χ3n) is 3.14. The molecule has 2 N–H and O–H groups in total. The largest absolute Gasteiger partial charge is 0.349 e. The lowest BCUT2D eigenvalue weighted by molar-refractivity contribution is -0.128. The summed E-state index contributed by atoms with van der Waals surface area (Å²) in [6, 6.07) is 8.27. The molecule has 0 aliphatic carbocycles. The fraction of sp³-hybridized carbons (Fsp3) is 0.357. The van der Waals surface area contributed by atoms with Crippen molar-refractivity contribution < 1.29 is 4.79 Å². The van der Waals surface area contributed by atoms with E-state index < -0.39 is 0 Å². The Labute approximate surface area is 107 Å². The molecule has 0 radical (unpaired) electrons. The van der Waals surface area contributed by atoms with Crippen molar-refractivity contribution in [3.8, 4) is 0 Å². The van der Waals surface area contributed by atoms with Gasteiger partial charge in [-0.25, -0.2) is 0 Å². The van der Waals surface area contributed by atoms with Gasteiger partial charge in [0.1, 0.15) is 0 Å². The van der Waals surface area contributed by atoms with E-state index in [4.69, 9.17) is 5.73 Å². The molecule has 0 saturated heterocycles. The molecular formula is C14H19N3O. The first-order valence-corrected chi connectivity index (χ1v) is 6.10. The van der Waals surface area contributed by atoms with Gasteiger partial charge in [-0.3, -0.25) is 4.79 Å². The number of carbonyl (C=O) groups is 1. The summed E-state index contributed by atoms with van der Waals surface area (Å²) in [6.45, 7) is 1.24. The summed E-state index contributed by atoms with van der Waals surface area (Å²) in [5.74, 6) is 0.145. The molecule has 4 heteroatoms. The van der Waals surface area contributed by atoms with E-state index in [0.717, 1.165) is 11.1 Å². The maximum absolute atomic E-state index is 11.6. The van der Waals surface area contributed by atoms with Gasteiger partial charge >= 0.3 is 0 Å². The van der Waals surface area contributed by atoms with E-state index in [1.54, 1.807) is 19.0 Å². The van der Waals surface area contributed by atoms with Crippen LogP contribution in [0, 0.1) is 0 Å². The number of aryl methyl sites for hydroxylation is 1. The van der Waals surface area contributed by atoms with E-state index in [0.29, 0.717) is 19.5 Å². The summed E-state index contributed by atoms with van der Waals surface area (Å²) in [5, 5.41) is 1.18. The van der Waals surface area contributed by atoms with E-state index in [9.17, 15) is 4.79 Å². The number of hydrogen-bond acceptors (Lipinski definition) is 2. The highest BCUT2D eigenvalue weighted by atomic mass is 16.2. The Morgan fingerprint density at radius 2 is 2.11 bits per heavy atom. The highest BCUT2D eigenvalue weighted by Crippen LogP contribution is 2.18. The van der Waals surface area contributed by atoms with Gasteiger partial charge in [-0.2, -0.15) is 0 Å². The van der Waals surface area contributed by atoms with Gasteiger partial charge in [0.25, 0.3) is 0 Å². The third kappa shape index (κ3) is 2.54. The van der Waals surface area contributed by atoms with Crippen LogP contribution in [0.5, 0.6) is 0 Å². The minimum absolute atomic E-state index is 0.145. The Bertz CT molecular complexity index is 557. The van der Waals surface area contributed by atoms with Gasteiger partial charge in [0.15, 0.2) is 0 Å². The number of rotatable bonds is 4. The molecule has 0 bridgehead atoms. The minimum atomic E-state index is 0.145. The molecule has 2 aromatic rings. The summed E-state index contributed by atoms with van der Waals surface area (Å²) < 4.78 is 2.11. The summed E-state index contributed by atoms with van der Waals surface area (Å²) in [7, 11) is 3.56. The van der Waals surface area contributed by atoms with Crippen molar-refractivity contribution in [2.45, 2.75) is 19.5 Å². The molecule has 1 aromatic carbocycles. The fourth-order valence-corrected chi connectivity index (χ4v) is 1.99. The molecule has 18 heavy (non-hydrogen) atoms.